The predicted octanol–water partition coefficient (Wildman–Crippen LogP) is 2.16. The van der Waals surface area contributed by atoms with Gasteiger partial charge in [-0.3, -0.25) is 9.59 Å². The van der Waals surface area contributed by atoms with Crippen molar-refractivity contribution < 1.29 is 14.7 Å². The van der Waals surface area contributed by atoms with Gasteiger partial charge in [0, 0.05) is 13.1 Å². The summed E-state index contributed by atoms with van der Waals surface area (Å²) in [4.78, 5) is 30.9. The van der Waals surface area contributed by atoms with Crippen molar-refractivity contribution in [3.05, 3.63) is 10.9 Å². The quantitative estimate of drug-likeness (QED) is 0.900. The maximum absolute atomic E-state index is 12.0. The Balaban J connectivity index is 1.77. The summed E-state index contributed by atoms with van der Waals surface area (Å²) in [5, 5.41) is 12.3. The number of fused-ring (bicyclic) bond motifs is 1. The summed E-state index contributed by atoms with van der Waals surface area (Å²) in [7, 11) is 0. The fourth-order valence-corrected chi connectivity index (χ4v) is 4.37. The number of anilines is 1. The average Bonchev–Trinajstić information content (AvgIpc) is 3.12. The molecule has 0 bridgehead atoms. The fraction of sp³-hybridized carbons (Fsp3) is 0.462. The molecule has 112 valence electrons. The van der Waals surface area contributed by atoms with Crippen molar-refractivity contribution in [1.82, 2.24) is 10.3 Å². The number of hydrogen-bond acceptors (Lipinski definition) is 6. The van der Waals surface area contributed by atoms with E-state index in [1.807, 2.05) is 0 Å². The second-order valence-corrected chi connectivity index (χ2v) is 7.04. The van der Waals surface area contributed by atoms with Gasteiger partial charge in [-0.1, -0.05) is 11.3 Å². The molecule has 1 aliphatic heterocycles. The van der Waals surface area contributed by atoms with Crippen molar-refractivity contribution >= 4 is 49.2 Å². The SMILES string of the molecule is C[C@H](NC(=O)c1cc2sc(N3CCCC3)nc2s1)C(=O)O. The average molecular weight is 325 g/mol. The Kier molecular flexibility index (Phi) is 3.81. The van der Waals surface area contributed by atoms with Gasteiger partial charge >= 0.3 is 5.97 Å². The van der Waals surface area contributed by atoms with Gasteiger partial charge in [-0.2, -0.15) is 0 Å². The monoisotopic (exact) mass is 325 g/mol. The molecule has 2 N–H and O–H groups in total. The minimum absolute atomic E-state index is 0.358. The molecule has 0 spiro atoms. The van der Waals surface area contributed by atoms with Crippen LogP contribution in [0, 0.1) is 0 Å². The lowest BCUT2D eigenvalue weighted by Gasteiger charge is -2.11. The maximum atomic E-state index is 12.0. The van der Waals surface area contributed by atoms with Gasteiger partial charge in [0.15, 0.2) is 5.13 Å². The lowest BCUT2D eigenvalue weighted by atomic mass is 10.3. The van der Waals surface area contributed by atoms with Crippen LogP contribution < -0.4 is 10.2 Å². The Morgan fingerprint density at radius 3 is 2.71 bits per heavy atom. The summed E-state index contributed by atoms with van der Waals surface area (Å²) in [6.45, 7) is 3.54. The summed E-state index contributed by atoms with van der Waals surface area (Å²) in [5.41, 5.74) is 0. The van der Waals surface area contributed by atoms with Crippen LogP contribution >= 0.6 is 22.7 Å². The number of carboxylic acids is 1. The number of nitrogens with one attached hydrogen (secondary N) is 1. The van der Waals surface area contributed by atoms with Crippen LogP contribution in [0.25, 0.3) is 9.53 Å². The number of carbonyl (C=O) groups is 2. The van der Waals surface area contributed by atoms with Gasteiger partial charge < -0.3 is 15.3 Å². The number of thiophene rings is 1. The largest absolute Gasteiger partial charge is 0.480 e. The Bertz CT molecular complexity index is 656. The van der Waals surface area contributed by atoms with Crippen molar-refractivity contribution in [1.29, 1.82) is 0 Å². The number of hydrogen-bond donors (Lipinski definition) is 2. The predicted molar refractivity (Wildman–Crippen MR) is 83.5 cm³/mol. The molecule has 3 rings (SSSR count). The first kappa shape index (κ1) is 14.3. The van der Waals surface area contributed by atoms with Gasteiger partial charge in [0.25, 0.3) is 5.91 Å². The summed E-state index contributed by atoms with van der Waals surface area (Å²) in [6.07, 6.45) is 2.40. The van der Waals surface area contributed by atoms with Gasteiger partial charge in [0.1, 0.15) is 10.9 Å². The lowest BCUT2D eigenvalue weighted by molar-refractivity contribution is -0.138. The Labute approximate surface area is 129 Å². The molecule has 1 atom stereocenters. The number of aliphatic carboxylic acids is 1. The molecule has 0 unspecified atom stereocenters. The molecule has 3 heterocycles. The van der Waals surface area contributed by atoms with Crippen LogP contribution in [0.1, 0.15) is 29.4 Å². The summed E-state index contributed by atoms with van der Waals surface area (Å²) >= 11 is 2.89. The van der Waals surface area contributed by atoms with E-state index in [0.717, 1.165) is 27.8 Å². The molecular weight excluding hydrogens is 310 g/mol. The van der Waals surface area contributed by atoms with Crippen molar-refractivity contribution in [3.63, 3.8) is 0 Å². The zero-order valence-corrected chi connectivity index (χ0v) is 13.1. The van der Waals surface area contributed by atoms with Crippen LogP contribution in [0.15, 0.2) is 6.07 Å². The van der Waals surface area contributed by atoms with Gasteiger partial charge in [-0.15, -0.1) is 11.3 Å². The van der Waals surface area contributed by atoms with Gasteiger partial charge in [0.2, 0.25) is 0 Å². The van der Waals surface area contributed by atoms with Crippen LogP contribution in [-0.2, 0) is 4.79 Å². The summed E-state index contributed by atoms with van der Waals surface area (Å²) < 4.78 is 0.982. The highest BCUT2D eigenvalue weighted by atomic mass is 32.1. The Hall–Kier alpha value is -1.67. The first-order valence-electron chi connectivity index (χ1n) is 6.73. The number of carbonyl (C=O) groups excluding carboxylic acids is 1. The minimum Gasteiger partial charge on any atom is -0.480 e. The van der Waals surface area contributed by atoms with Gasteiger partial charge in [-0.05, 0) is 25.8 Å². The van der Waals surface area contributed by atoms with Crippen molar-refractivity contribution in [2.45, 2.75) is 25.8 Å². The highest BCUT2D eigenvalue weighted by molar-refractivity contribution is 7.29. The van der Waals surface area contributed by atoms with E-state index >= 15 is 0 Å². The first-order valence-corrected chi connectivity index (χ1v) is 8.37. The second kappa shape index (κ2) is 5.61. The zero-order chi connectivity index (χ0) is 15.0. The molecule has 21 heavy (non-hydrogen) atoms. The molecule has 2 aromatic heterocycles. The zero-order valence-electron chi connectivity index (χ0n) is 11.5. The van der Waals surface area contributed by atoms with E-state index in [-0.39, 0.29) is 5.91 Å². The molecule has 1 amide bonds. The van der Waals surface area contributed by atoms with E-state index in [1.165, 1.54) is 31.1 Å². The van der Waals surface area contributed by atoms with Crippen LogP contribution in [-0.4, -0.2) is 41.1 Å². The minimum atomic E-state index is -1.05. The number of thiazole rings is 1. The number of aromatic nitrogens is 1. The molecule has 0 aromatic carbocycles. The lowest BCUT2D eigenvalue weighted by Crippen LogP contribution is -2.37. The molecule has 1 saturated heterocycles. The molecular formula is C13H15N3O3S2. The molecule has 6 nitrogen and oxygen atoms in total. The summed E-state index contributed by atoms with van der Waals surface area (Å²) in [5.74, 6) is -1.40. The second-order valence-electron chi connectivity index (χ2n) is 5.00. The van der Waals surface area contributed by atoms with E-state index in [9.17, 15) is 9.59 Å². The highest BCUT2D eigenvalue weighted by Gasteiger charge is 2.21. The van der Waals surface area contributed by atoms with Crippen LogP contribution in [0.2, 0.25) is 0 Å². The number of amides is 1. The fourth-order valence-electron chi connectivity index (χ4n) is 2.21. The van der Waals surface area contributed by atoms with E-state index in [2.05, 4.69) is 15.2 Å². The van der Waals surface area contributed by atoms with E-state index in [4.69, 9.17) is 5.11 Å². The molecule has 0 radical (unpaired) electrons. The van der Waals surface area contributed by atoms with Crippen LogP contribution in [0.5, 0.6) is 0 Å². The molecule has 1 aliphatic rings. The Morgan fingerprint density at radius 2 is 2.10 bits per heavy atom. The third-order valence-electron chi connectivity index (χ3n) is 3.40. The van der Waals surface area contributed by atoms with E-state index in [1.54, 1.807) is 17.4 Å². The summed E-state index contributed by atoms with van der Waals surface area (Å²) in [6, 6.07) is 0.895. The molecule has 8 heteroatoms. The topological polar surface area (TPSA) is 82.5 Å². The smallest absolute Gasteiger partial charge is 0.325 e. The van der Waals surface area contributed by atoms with Crippen LogP contribution in [0.4, 0.5) is 5.13 Å². The molecule has 0 saturated carbocycles. The first-order chi connectivity index (χ1) is 10.0. The third-order valence-corrected chi connectivity index (χ3v) is 5.62. The van der Waals surface area contributed by atoms with Crippen molar-refractivity contribution in [3.8, 4) is 0 Å². The maximum Gasteiger partial charge on any atom is 0.325 e. The standard InChI is InChI=1S/C13H15N3O3S2/c1-7(12(18)19)14-10(17)8-6-9-11(20-8)15-13(21-9)16-4-2-3-5-16/h6-7H,2-5H2,1H3,(H,14,17)(H,18,19)/t7-/m0/s1. The van der Waals surface area contributed by atoms with E-state index in [0.29, 0.717) is 4.88 Å². The van der Waals surface area contributed by atoms with Crippen molar-refractivity contribution in [2.24, 2.45) is 0 Å². The number of nitrogens with zero attached hydrogens (tertiary/aromatic N) is 2. The molecule has 0 aliphatic carbocycles. The molecule has 1 fully saturated rings. The number of rotatable bonds is 4. The van der Waals surface area contributed by atoms with Gasteiger partial charge in [0.05, 0.1) is 9.58 Å². The van der Waals surface area contributed by atoms with Gasteiger partial charge in [-0.25, -0.2) is 4.98 Å². The molecule has 2 aromatic rings. The van der Waals surface area contributed by atoms with E-state index < -0.39 is 12.0 Å². The normalized spacial score (nSPS) is 16.3. The Morgan fingerprint density at radius 1 is 1.38 bits per heavy atom. The highest BCUT2D eigenvalue weighted by Crippen LogP contribution is 2.35. The third kappa shape index (κ3) is 2.86. The van der Waals surface area contributed by atoms with Crippen molar-refractivity contribution in [2.75, 3.05) is 18.0 Å². The number of carboxylic acid groups (broad SMARTS) is 1. The van der Waals surface area contributed by atoms with Crippen LogP contribution in [0.3, 0.4) is 0 Å².